The molecule has 0 radical (unpaired) electrons. The quantitative estimate of drug-likeness (QED) is 0.353. The Morgan fingerprint density at radius 2 is 2.21 bits per heavy atom. The molecule has 0 spiro atoms. The number of methoxy groups -OCH3 is 1. The molecule has 86 valence electrons. The van der Waals surface area contributed by atoms with E-state index in [9.17, 15) is 0 Å². The molecule has 0 aromatic carbocycles. The van der Waals surface area contributed by atoms with Crippen molar-refractivity contribution in [2.24, 2.45) is 5.84 Å². The number of hydrogen-bond donors (Lipinski definition) is 2. The van der Waals surface area contributed by atoms with Crippen molar-refractivity contribution in [2.45, 2.75) is 44.4 Å². The first-order valence-electron chi connectivity index (χ1n) is 5.31. The summed E-state index contributed by atoms with van der Waals surface area (Å²) in [5.41, 5.74) is 2.86. The second-order valence-corrected chi connectivity index (χ2v) is 5.02. The summed E-state index contributed by atoms with van der Waals surface area (Å²) in [5.74, 6) is 6.57. The molecular formula is C10H24N2OS. The number of hydrazine groups is 1. The minimum absolute atomic E-state index is 0.421. The molecule has 2 atom stereocenters. The number of nitrogens with two attached hydrogens (primary N) is 1. The maximum absolute atomic E-state index is 5.48. The number of thioether (sulfide) groups is 1. The first-order chi connectivity index (χ1) is 6.74. The van der Waals surface area contributed by atoms with Gasteiger partial charge in [0.2, 0.25) is 0 Å². The fraction of sp³-hybridized carbons (Fsp3) is 1.00. The van der Waals surface area contributed by atoms with Crippen LogP contribution in [0.15, 0.2) is 0 Å². The van der Waals surface area contributed by atoms with Crippen LogP contribution in [0.25, 0.3) is 0 Å². The zero-order chi connectivity index (χ0) is 10.8. The van der Waals surface area contributed by atoms with E-state index in [-0.39, 0.29) is 0 Å². The van der Waals surface area contributed by atoms with Crippen molar-refractivity contribution in [3.8, 4) is 0 Å². The van der Waals surface area contributed by atoms with Gasteiger partial charge < -0.3 is 4.74 Å². The summed E-state index contributed by atoms with van der Waals surface area (Å²) in [5, 5.41) is 0.730. The van der Waals surface area contributed by atoms with Crippen LogP contribution >= 0.6 is 11.8 Å². The third-order valence-corrected chi connectivity index (χ3v) is 3.79. The number of nitrogens with one attached hydrogen (secondary N) is 1. The first-order valence-corrected chi connectivity index (χ1v) is 6.36. The van der Waals surface area contributed by atoms with Gasteiger partial charge in [-0.25, -0.2) is 0 Å². The Labute approximate surface area is 92.1 Å². The van der Waals surface area contributed by atoms with Crippen LogP contribution in [0.5, 0.6) is 0 Å². The molecule has 2 unspecified atom stereocenters. The van der Waals surface area contributed by atoms with Crippen molar-refractivity contribution >= 4 is 11.8 Å². The summed E-state index contributed by atoms with van der Waals surface area (Å²) in [4.78, 5) is 0. The van der Waals surface area contributed by atoms with E-state index in [1.165, 1.54) is 6.42 Å². The van der Waals surface area contributed by atoms with Crippen LogP contribution < -0.4 is 11.3 Å². The predicted octanol–water partition coefficient (Wildman–Crippen LogP) is 1.78. The molecule has 0 fully saturated rings. The molecule has 0 aliphatic heterocycles. The lowest BCUT2D eigenvalue weighted by molar-refractivity contribution is 0.189. The maximum Gasteiger partial charge on any atom is 0.0462 e. The molecule has 0 saturated heterocycles. The van der Waals surface area contributed by atoms with E-state index in [2.05, 4.69) is 19.3 Å². The van der Waals surface area contributed by atoms with Gasteiger partial charge in [0.25, 0.3) is 0 Å². The van der Waals surface area contributed by atoms with Crippen LogP contribution in [0.4, 0.5) is 0 Å². The fourth-order valence-electron chi connectivity index (χ4n) is 1.09. The molecule has 14 heavy (non-hydrogen) atoms. The molecule has 0 rings (SSSR count). The van der Waals surface area contributed by atoms with Gasteiger partial charge in [-0.05, 0) is 19.3 Å². The van der Waals surface area contributed by atoms with Crippen LogP contribution in [-0.2, 0) is 4.74 Å². The summed E-state index contributed by atoms with van der Waals surface area (Å²) in [6.07, 6.45) is 3.39. The third-order valence-electron chi connectivity index (χ3n) is 2.29. The topological polar surface area (TPSA) is 47.3 Å². The fourth-order valence-corrected chi connectivity index (χ4v) is 2.15. The number of rotatable bonds is 9. The lowest BCUT2D eigenvalue weighted by Gasteiger charge is -2.17. The molecule has 0 aliphatic rings. The van der Waals surface area contributed by atoms with Crippen LogP contribution in [0.2, 0.25) is 0 Å². The normalized spacial score (nSPS) is 15.4. The summed E-state index contributed by atoms with van der Waals surface area (Å²) in [6.45, 7) is 5.30. The smallest absolute Gasteiger partial charge is 0.0462 e. The van der Waals surface area contributed by atoms with Gasteiger partial charge in [0.05, 0.1) is 0 Å². The van der Waals surface area contributed by atoms with Crippen molar-refractivity contribution in [1.29, 1.82) is 0 Å². The molecule has 0 aromatic rings. The second kappa shape index (κ2) is 9.77. The SMILES string of the molecule is CCC(C)SCC(CCCOC)NN. The second-order valence-electron chi connectivity index (χ2n) is 3.55. The van der Waals surface area contributed by atoms with E-state index >= 15 is 0 Å². The molecule has 0 aromatic heterocycles. The Kier molecular flexibility index (Phi) is 9.93. The molecule has 3 nitrogen and oxygen atoms in total. The zero-order valence-corrected chi connectivity index (χ0v) is 10.4. The van der Waals surface area contributed by atoms with Crippen molar-refractivity contribution in [3.63, 3.8) is 0 Å². The van der Waals surface area contributed by atoms with Gasteiger partial charge in [-0.3, -0.25) is 11.3 Å². The van der Waals surface area contributed by atoms with Crippen molar-refractivity contribution in [1.82, 2.24) is 5.43 Å². The summed E-state index contributed by atoms with van der Waals surface area (Å²) < 4.78 is 5.01. The Morgan fingerprint density at radius 3 is 2.71 bits per heavy atom. The standard InChI is InChI=1S/C10H24N2OS/c1-4-9(2)14-8-10(12-11)6-5-7-13-3/h9-10,12H,4-8,11H2,1-3H3. The first kappa shape index (κ1) is 14.2. The van der Waals surface area contributed by atoms with Crippen molar-refractivity contribution in [3.05, 3.63) is 0 Å². The molecule has 4 heteroatoms. The molecular weight excluding hydrogens is 196 g/mol. The van der Waals surface area contributed by atoms with E-state index in [1.807, 2.05) is 11.8 Å². The molecule has 3 N–H and O–H groups in total. The number of ether oxygens (including phenoxy) is 1. The minimum atomic E-state index is 0.421. The largest absolute Gasteiger partial charge is 0.385 e. The Morgan fingerprint density at radius 1 is 1.50 bits per heavy atom. The Balaban J connectivity index is 3.47. The highest BCUT2D eigenvalue weighted by Gasteiger charge is 2.08. The maximum atomic E-state index is 5.48. The highest BCUT2D eigenvalue weighted by molar-refractivity contribution is 7.99. The minimum Gasteiger partial charge on any atom is -0.385 e. The van der Waals surface area contributed by atoms with Gasteiger partial charge in [0.1, 0.15) is 0 Å². The van der Waals surface area contributed by atoms with Crippen LogP contribution in [-0.4, -0.2) is 30.8 Å². The summed E-state index contributed by atoms with van der Waals surface area (Å²) in [6, 6.07) is 0.421. The molecule has 0 heterocycles. The number of hydrogen-bond acceptors (Lipinski definition) is 4. The Bertz CT molecular complexity index is 125. The molecule has 0 amide bonds. The third kappa shape index (κ3) is 7.62. The van der Waals surface area contributed by atoms with E-state index in [0.29, 0.717) is 6.04 Å². The van der Waals surface area contributed by atoms with E-state index in [1.54, 1.807) is 7.11 Å². The van der Waals surface area contributed by atoms with Gasteiger partial charge in [0, 0.05) is 30.8 Å². The highest BCUT2D eigenvalue weighted by Crippen LogP contribution is 2.15. The average Bonchev–Trinajstić information content (AvgIpc) is 2.22. The van der Waals surface area contributed by atoms with Crippen LogP contribution in [0, 0.1) is 0 Å². The molecule has 0 saturated carbocycles. The zero-order valence-electron chi connectivity index (χ0n) is 9.58. The summed E-state index contributed by atoms with van der Waals surface area (Å²) >= 11 is 1.98. The summed E-state index contributed by atoms with van der Waals surface area (Å²) in [7, 11) is 1.73. The van der Waals surface area contributed by atoms with Gasteiger partial charge >= 0.3 is 0 Å². The highest BCUT2D eigenvalue weighted by atomic mass is 32.2. The molecule has 0 aliphatic carbocycles. The van der Waals surface area contributed by atoms with Crippen LogP contribution in [0.3, 0.4) is 0 Å². The van der Waals surface area contributed by atoms with Gasteiger partial charge in [-0.2, -0.15) is 11.8 Å². The molecule has 0 bridgehead atoms. The Hall–Kier alpha value is 0.230. The van der Waals surface area contributed by atoms with Crippen molar-refractivity contribution in [2.75, 3.05) is 19.5 Å². The van der Waals surface area contributed by atoms with Crippen LogP contribution in [0.1, 0.15) is 33.1 Å². The van der Waals surface area contributed by atoms with E-state index in [4.69, 9.17) is 10.6 Å². The van der Waals surface area contributed by atoms with E-state index in [0.717, 1.165) is 30.5 Å². The van der Waals surface area contributed by atoms with Crippen molar-refractivity contribution < 1.29 is 4.74 Å². The monoisotopic (exact) mass is 220 g/mol. The average molecular weight is 220 g/mol. The lowest BCUT2D eigenvalue weighted by atomic mass is 10.2. The predicted molar refractivity (Wildman–Crippen MR) is 64.4 cm³/mol. The van der Waals surface area contributed by atoms with Gasteiger partial charge in [-0.1, -0.05) is 13.8 Å². The van der Waals surface area contributed by atoms with Gasteiger partial charge in [-0.15, -0.1) is 0 Å². The lowest BCUT2D eigenvalue weighted by Crippen LogP contribution is -2.37. The van der Waals surface area contributed by atoms with E-state index < -0.39 is 0 Å². The van der Waals surface area contributed by atoms with Gasteiger partial charge in [0.15, 0.2) is 0 Å².